The van der Waals surface area contributed by atoms with Gasteiger partial charge in [-0.2, -0.15) is 9.78 Å². The molecule has 1 atom stereocenters. The van der Waals surface area contributed by atoms with E-state index in [1.807, 2.05) is 18.2 Å². The van der Waals surface area contributed by atoms with Crippen LogP contribution in [0, 0.1) is 0 Å². The topological polar surface area (TPSA) is 73.2 Å². The summed E-state index contributed by atoms with van der Waals surface area (Å²) in [6.45, 7) is 1.96. The van der Waals surface area contributed by atoms with Crippen LogP contribution >= 0.6 is 39.1 Å². The molecule has 1 unspecified atom stereocenters. The van der Waals surface area contributed by atoms with Gasteiger partial charge in [-0.3, -0.25) is 4.79 Å². The van der Waals surface area contributed by atoms with Gasteiger partial charge in [0.15, 0.2) is 6.04 Å². The minimum Gasteiger partial charge on any atom is -0.464 e. The molecule has 9 heteroatoms. The molecular weight excluding hydrogens is 481 g/mol. The van der Waals surface area contributed by atoms with E-state index < -0.39 is 17.6 Å². The fraction of sp³-hybridized carbons (Fsp3) is 0.150. The van der Waals surface area contributed by atoms with Crippen LogP contribution in [0.1, 0.15) is 18.5 Å². The maximum absolute atomic E-state index is 12.9. The van der Waals surface area contributed by atoms with Crippen molar-refractivity contribution < 1.29 is 9.53 Å². The third-order valence-electron chi connectivity index (χ3n) is 4.02. The molecule has 0 spiro atoms. The van der Waals surface area contributed by atoms with Crippen LogP contribution in [0.2, 0.25) is 10.0 Å². The molecule has 0 saturated carbocycles. The zero-order chi connectivity index (χ0) is 21.0. The van der Waals surface area contributed by atoms with Crippen molar-refractivity contribution in [1.29, 1.82) is 0 Å². The molecule has 0 bridgehead atoms. The van der Waals surface area contributed by atoms with Crippen LogP contribution in [0.3, 0.4) is 0 Å². The van der Waals surface area contributed by atoms with Gasteiger partial charge in [0, 0.05) is 0 Å². The first-order chi connectivity index (χ1) is 13.9. The summed E-state index contributed by atoms with van der Waals surface area (Å²) in [5.41, 5.74) is 0.811. The molecule has 0 saturated heterocycles. The molecule has 6 nitrogen and oxygen atoms in total. The summed E-state index contributed by atoms with van der Waals surface area (Å²) in [5.74, 6) is -0.469. The van der Waals surface area contributed by atoms with Crippen molar-refractivity contribution in [2.45, 2.75) is 13.0 Å². The molecule has 1 aromatic heterocycles. The van der Waals surface area contributed by atoms with E-state index in [1.54, 1.807) is 37.3 Å². The van der Waals surface area contributed by atoms with E-state index in [4.69, 9.17) is 27.9 Å². The van der Waals surface area contributed by atoms with Crippen LogP contribution in [-0.4, -0.2) is 22.4 Å². The summed E-state index contributed by atoms with van der Waals surface area (Å²) in [7, 11) is 0. The highest BCUT2D eigenvalue weighted by Gasteiger charge is 2.24. The van der Waals surface area contributed by atoms with Crippen molar-refractivity contribution in [1.82, 2.24) is 9.78 Å². The number of anilines is 1. The standard InChI is InChI=1S/C20H16BrCl2N3O3/c1-2-29-20(28)17(12-7-4-3-5-8-12)25-15-11-24-26(19(27)16(15)21)18-13(22)9-6-10-14(18)23/h3-11,17,25H,2H2,1H3. The number of nitrogens with zero attached hydrogens (tertiary/aromatic N) is 2. The number of benzene rings is 2. The highest BCUT2D eigenvalue weighted by atomic mass is 79.9. The number of rotatable bonds is 6. The predicted octanol–water partition coefficient (Wildman–Crippen LogP) is 5.02. The van der Waals surface area contributed by atoms with Gasteiger partial charge in [-0.05, 0) is 40.5 Å². The lowest BCUT2D eigenvalue weighted by Crippen LogP contribution is -2.27. The summed E-state index contributed by atoms with van der Waals surface area (Å²) in [6.07, 6.45) is 1.42. The van der Waals surface area contributed by atoms with Gasteiger partial charge in [0.05, 0.1) is 28.5 Å². The van der Waals surface area contributed by atoms with Gasteiger partial charge in [-0.15, -0.1) is 0 Å². The lowest BCUT2D eigenvalue weighted by Gasteiger charge is -2.20. The van der Waals surface area contributed by atoms with Crippen LogP contribution in [0.4, 0.5) is 5.69 Å². The van der Waals surface area contributed by atoms with E-state index in [1.165, 1.54) is 6.20 Å². The number of halogens is 3. The van der Waals surface area contributed by atoms with Crippen LogP contribution < -0.4 is 10.9 Å². The molecule has 0 radical (unpaired) electrons. The summed E-state index contributed by atoms with van der Waals surface area (Å²) in [5, 5.41) is 7.78. The van der Waals surface area contributed by atoms with E-state index in [2.05, 4.69) is 26.3 Å². The molecule has 1 N–H and O–H groups in total. The molecule has 3 rings (SSSR count). The Morgan fingerprint density at radius 3 is 2.45 bits per heavy atom. The number of hydrogen-bond acceptors (Lipinski definition) is 5. The summed E-state index contributed by atoms with van der Waals surface area (Å²) < 4.78 is 6.44. The molecule has 3 aromatic rings. The highest BCUT2D eigenvalue weighted by Crippen LogP contribution is 2.29. The van der Waals surface area contributed by atoms with Gasteiger partial charge >= 0.3 is 5.97 Å². The Bertz CT molecular complexity index is 1070. The van der Waals surface area contributed by atoms with Crippen molar-refractivity contribution in [2.24, 2.45) is 0 Å². The van der Waals surface area contributed by atoms with Crippen LogP contribution in [0.5, 0.6) is 0 Å². The lowest BCUT2D eigenvalue weighted by molar-refractivity contribution is -0.144. The Kier molecular flexibility index (Phi) is 6.95. The van der Waals surface area contributed by atoms with E-state index in [0.29, 0.717) is 11.3 Å². The maximum atomic E-state index is 12.9. The summed E-state index contributed by atoms with van der Waals surface area (Å²) in [4.78, 5) is 25.4. The minimum atomic E-state index is -0.812. The van der Waals surface area contributed by atoms with Gasteiger partial charge in [-0.25, -0.2) is 4.79 Å². The summed E-state index contributed by atoms with van der Waals surface area (Å²) in [6, 6.07) is 13.1. The first-order valence-corrected chi connectivity index (χ1v) is 10.2. The Hall–Kier alpha value is -2.35. The van der Waals surface area contributed by atoms with Gasteiger partial charge in [-0.1, -0.05) is 59.6 Å². The van der Waals surface area contributed by atoms with Gasteiger partial charge in [0.2, 0.25) is 0 Å². The van der Waals surface area contributed by atoms with E-state index >= 15 is 0 Å². The van der Waals surface area contributed by atoms with Crippen LogP contribution in [0.25, 0.3) is 5.69 Å². The van der Waals surface area contributed by atoms with E-state index in [9.17, 15) is 9.59 Å². The second-order valence-electron chi connectivity index (χ2n) is 5.90. The van der Waals surface area contributed by atoms with Crippen molar-refractivity contribution >= 4 is 50.8 Å². The minimum absolute atomic E-state index is 0.175. The van der Waals surface area contributed by atoms with Crippen molar-refractivity contribution in [2.75, 3.05) is 11.9 Å². The van der Waals surface area contributed by atoms with Crippen molar-refractivity contribution in [3.63, 3.8) is 0 Å². The average molecular weight is 497 g/mol. The Labute approximate surface area is 185 Å². The second kappa shape index (κ2) is 9.43. The lowest BCUT2D eigenvalue weighted by atomic mass is 10.1. The Morgan fingerprint density at radius 1 is 1.17 bits per heavy atom. The third-order valence-corrected chi connectivity index (χ3v) is 5.40. The van der Waals surface area contributed by atoms with E-state index in [0.717, 1.165) is 4.68 Å². The molecule has 1 heterocycles. The number of carbonyl (C=O) groups excluding carboxylic acids is 1. The largest absolute Gasteiger partial charge is 0.464 e. The quantitative estimate of drug-likeness (QED) is 0.485. The number of nitrogens with one attached hydrogen (secondary N) is 1. The van der Waals surface area contributed by atoms with Gasteiger partial charge in [0.1, 0.15) is 10.2 Å². The van der Waals surface area contributed by atoms with Crippen LogP contribution in [-0.2, 0) is 9.53 Å². The fourth-order valence-electron chi connectivity index (χ4n) is 2.69. The SMILES string of the molecule is CCOC(=O)C(Nc1cnn(-c2c(Cl)cccc2Cl)c(=O)c1Br)c1ccccc1. The molecule has 0 aliphatic carbocycles. The first-order valence-electron chi connectivity index (χ1n) is 8.64. The van der Waals surface area contributed by atoms with Crippen molar-refractivity contribution in [3.8, 4) is 5.69 Å². The zero-order valence-corrected chi connectivity index (χ0v) is 18.3. The third kappa shape index (κ3) is 4.63. The fourth-order valence-corrected chi connectivity index (χ4v) is 3.63. The average Bonchev–Trinajstić information content (AvgIpc) is 2.71. The molecule has 150 valence electrons. The predicted molar refractivity (Wildman–Crippen MR) is 117 cm³/mol. The molecule has 2 aromatic carbocycles. The Morgan fingerprint density at radius 2 is 1.83 bits per heavy atom. The molecule has 0 amide bonds. The van der Waals surface area contributed by atoms with Gasteiger partial charge < -0.3 is 10.1 Å². The number of ether oxygens (including phenoxy) is 1. The number of aromatic nitrogens is 2. The smallest absolute Gasteiger partial charge is 0.333 e. The molecule has 0 aliphatic rings. The molecule has 29 heavy (non-hydrogen) atoms. The Balaban J connectivity index is 2.02. The first kappa shape index (κ1) is 21.4. The second-order valence-corrected chi connectivity index (χ2v) is 7.51. The number of carbonyl (C=O) groups is 1. The number of hydrogen-bond donors (Lipinski definition) is 1. The van der Waals surface area contributed by atoms with E-state index in [-0.39, 0.29) is 26.8 Å². The molecular formula is C20H16BrCl2N3O3. The maximum Gasteiger partial charge on any atom is 0.333 e. The number of para-hydroxylation sites is 1. The summed E-state index contributed by atoms with van der Waals surface area (Å²) >= 11 is 15.7. The van der Waals surface area contributed by atoms with Crippen molar-refractivity contribution in [3.05, 3.63) is 85.2 Å². The zero-order valence-electron chi connectivity index (χ0n) is 15.2. The molecule has 0 aliphatic heterocycles. The number of esters is 1. The van der Waals surface area contributed by atoms with Crippen LogP contribution in [0.15, 0.2) is 64.0 Å². The highest BCUT2D eigenvalue weighted by molar-refractivity contribution is 9.10. The normalized spacial score (nSPS) is 11.7. The van der Waals surface area contributed by atoms with Gasteiger partial charge in [0.25, 0.3) is 5.56 Å². The molecule has 0 fully saturated rings. The monoisotopic (exact) mass is 495 g/mol.